The van der Waals surface area contributed by atoms with Gasteiger partial charge in [0, 0.05) is 0 Å². The van der Waals surface area contributed by atoms with Gasteiger partial charge in [0.1, 0.15) is 5.69 Å². The van der Waals surface area contributed by atoms with Gasteiger partial charge in [-0.15, -0.1) is 0 Å². The van der Waals surface area contributed by atoms with Crippen molar-refractivity contribution in [3.05, 3.63) is 60.3 Å². The number of benzene rings is 2. The van der Waals surface area contributed by atoms with Crippen LogP contribution < -0.4 is 4.74 Å². The Morgan fingerprint density at radius 3 is 2.27 bits per heavy atom. The second kappa shape index (κ2) is 7.50. The zero-order valence-corrected chi connectivity index (χ0v) is 15.0. The molecule has 132 valence electrons. The van der Waals surface area contributed by atoms with E-state index >= 15 is 0 Å². The van der Waals surface area contributed by atoms with Crippen molar-refractivity contribution in [3.63, 3.8) is 0 Å². The highest BCUT2D eigenvalue weighted by molar-refractivity contribution is 7.92. The highest BCUT2D eigenvalue weighted by Crippen LogP contribution is 2.33. The summed E-state index contributed by atoms with van der Waals surface area (Å²) < 4.78 is 31.6. The number of para-hydroxylation sites is 2. The van der Waals surface area contributed by atoms with Crippen molar-refractivity contribution in [2.24, 2.45) is 0 Å². The van der Waals surface area contributed by atoms with Crippen LogP contribution in [-0.2, 0) is 9.84 Å². The molecule has 7 heteroatoms. The lowest BCUT2D eigenvalue weighted by molar-refractivity contribution is 0.301. The SMILES string of the molecule is CCCOc1nc2ccccc2nc1C(C#N)S(=O)(=O)c1ccccc1. The van der Waals surface area contributed by atoms with E-state index in [0.717, 1.165) is 6.42 Å². The molecule has 0 saturated carbocycles. The van der Waals surface area contributed by atoms with E-state index in [2.05, 4.69) is 9.97 Å². The summed E-state index contributed by atoms with van der Waals surface area (Å²) in [7, 11) is -3.96. The molecule has 1 aromatic heterocycles. The maximum atomic E-state index is 13.0. The average Bonchev–Trinajstić information content (AvgIpc) is 2.67. The Balaban J connectivity index is 2.19. The molecule has 3 rings (SSSR count). The van der Waals surface area contributed by atoms with E-state index in [0.29, 0.717) is 17.6 Å². The molecular formula is C19H17N3O3S. The predicted octanol–water partition coefficient (Wildman–Crippen LogP) is 3.46. The molecule has 0 amide bonds. The molecule has 0 N–H and O–H groups in total. The van der Waals surface area contributed by atoms with Crippen LogP contribution in [0.4, 0.5) is 0 Å². The van der Waals surface area contributed by atoms with Crippen molar-refractivity contribution in [2.75, 3.05) is 6.61 Å². The van der Waals surface area contributed by atoms with E-state index in [4.69, 9.17) is 4.74 Å². The van der Waals surface area contributed by atoms with Crippen LogP contribution in [-0.4, -0.2) is 25.0 Å². The third-order valence-corrected chi connectivity index (χ3v) is 5.63. The smallest absolute Gasteiger partial charge is 0.238 e. The Bertz CT molecular complexity index is 1060. The van der Waals surface area contributed by atoms with Crippen molar-refractivity contribution in [2.45, 2.75) is 23.5 Å². The average molecular weight is 367 g/mol. The summed E-state index contributed by atoms with van der Waals surface area (Å²) in [6, 6.07) is 16.8. The van der Waals surface area contributed by atoms with Crippen molar-refractivity contribution < 1.29 is 13.2 Å². The maximum Gasteiger partial charge on any atom is 0.238 e. The number of rotatable bonds is 6. The van der Waals surface area contributed by atoms with Gasteiger partial charge in [0.05, 0.1) is 28.6 Å². The number of sulfone groups is 1. The Kier molecular flexibility index (Phi) is 5.14. The summed E-state index contributed by atoms with van der Waals surface area (Å²) in [6.07, 6.45) is 0.719. The van der Waals surface area contributed by atoms with Gasteiger partial charge in [0.15, 0.2) is 5.25 Å². The molecular weight excluding hydrogens is 350 g/mol. The van der Waals surface area contributed by atoms with Gasteiger partial charge >= 0.3 is 0 Å². The van der Waals surface area contributed by atoms with Gasteiger partial charge in [-0.05, 0) is 30.7 Å². The predicted molar refractivity (Wildman–Crippen MR) is 97.3 cm³/mol. The summed E-state index contributed by atoms with van der Waals surface area (Å²) in [5, 5.41) is 8.14. The fourth-order valence-corrected chi connectivity index (χ4v) is 3.89. The van der Waals surface area contributed by atoms with Crippen LogP contribution in [0.5, 0.6) is 5.88 Å². The van der Waals surface area contributed by atoms with Gasteiger partial charge in [0.2, 0.25) is 15.7 Å². The van der Waals surface area contributed by atoms with Gasteiger partial charge in [-0.1, -0.05) is 37.3 Å². The molecule has 0 saturated heterocycles. The minimum absolute atomic E-state index is 0.0171. The molecule has 1 unspecified atom stereocenters. The quantitative estimate of drug-likeness (QED) is 0.662. The lowest BCUT2D eigenvalue weighted by Gasteiger charge is -2.15. The monoisotopic (exact) mass is 367 g/mol. The Morgan fingerprint density at radius 1 is 1.04 bits per heavy atom. The van der Waals surface area contributed by atoms with E-state index in [1.807, 2.05) is 19.1 Å². The van der Waals surface area contributed by atoms with Gasteiger partial charge < -0.3 is 4.74 Å². The van der Waals surface area contributed by atoms with Crippen molar-refractivity contribution in [1.29, 1.82) is 5.26 Å². The fraction of sp³-hybridized carbons (Fsp3) is 0.211. The van der Waals surface area contributed by atoms with Crippen LogP contribution in [0.1, 0.15) is 24.3 Å². The molecule has 0 bridgehead atoms. The van der Waals surface area contributed by atoms with Crippen LogP contribution in [0.2, 0.25) is 0 Å². The molecule has 0 aliphatic heterocycles. The number of nitrogens with zero attached hydrogens (tertiary/aromatic N) is 3. The van der Waals surface area contributed by atoms with E-state index in [1.54, 1.807) is 36.4 Å². The molecule has 26 heavy (non-hydrogen) atoms. The molecule has 0 aliphatic rings. The summed E-state index contributed by atoms with van der Waals surface area (Å²) in [6.45, 7) is 2.28. The third kappa shape index (κ3) is 3.37. The Morgan fingerprint density at radius 2 is 1.65 bits per heavy atom. The first-order chi connectivity index (χ1) is 12.6. The largest absolute Gasteiger partial charge is 0.476 e. The standard InChI is InChI=1S/C19H17N3O3S/c1-2-12-25-19-18(21-15-10-6-7-11-16(15)22-19)17(13-20)26(23,24)14-8-4-3-5-9-14/h3-11,17H,2,12H2,1H3. The van der Waals surface area contributed by atoms with Gasteiger partial charge in [-0.25, -0.2) is 18.4 Å². The first kappa shape index (κ1) is 17.8. The number of aromatic nitrogens is 2. The number of fused-ring (bicyclic) bond motifs is 1. The Hall–Kier alpha value is -2.98. The first-order valence-electron chi connectivity index (χ1n) is 8.16. The molecule has 0 spiro atoms. The number of nitriles is 1. The summed E-state index contributed by atoms with van der Waals surface area (Å²) in [5.41, 5.74) is 1.11. The maximum absolute atomic E-state index is 13.0. The zero-order valence-electron chi connectivity index (χ0n) is 14.2. The van der Waals surface area contributed by atoms with Crippen molar-refractivity contribution >= 4 is 20.9 Å². The van der Waals surface area contributed by atoms with E-state index in [-0.39, 0.29) is 16.5 Å². The van der Waals surface area contributed by atoms with Crippen molar-refractivity contribution in [1.82, 2.24) is 9.97 Å². The minimum atomic E-state index is -3.96. The first-order valence-corrected chi connectivity index (χ1v) is 9.70. The van der Waals surface area contributed by atoms with Crippen LogP contribution in [0.25, 0.3) is 11.0 Å². The summed E-state index contributed by atoms with van der Waals surface area (Å²) in [5.74, 6) is 0.0802. The lowest BCUT2D eigenvalue weighted by Crippen LogP contribution is -2.16. The minimum Gasteiger partial charge on any atom is -0.476 e. The topological polar surface area (TPSA) is 92.9 Å². The van der Waals surface area contributed by atoms with Crippen LogP contribution in [0.3, 0.4) is 0 Å². The molecule has 1 heterocycles. The van der Waals surface area contributed by atoms with Crippen LogP contribution >= 0.6 is 0 Å². The molecule has 3 aromatic rings. The molecule has 0 aliphatic carbocycles. The second-order valence-corrected chi connectivity index (χ2v) is 7.65. The highest BCUT2D eigenvalue weighted by atomic mass is 32.2. The third-order valence-electron chi connectivity index (χ3n) is 3.75. The van der Waals surface area contributed by atoms with Gasteiger partial charge in [-0.2, -0.15) is 5.26 Å². The van der Waals surface area contributed by atoms with E-state index < -0.39 is 15.1 Å². The molecule has 1 atom stereocenters. The number of ether oxygens (including phenoxy) is 1. The molecule has 0 fully saturated rings. The zero-order chi connectivity index (χ0) is 18.6. The van der Waals surface area contributed by atoms with Crippen LogP contribution in [0.15, 0.2) is 59.5 Å². The lowest BCUT2D eigenvalue weighted by atomic mass is 10.2. The second-order valence-electron chi connectivity index (χ2n) is 5.62. The van der Waals surface area contributed by atoms with E-state index in [9.17, 15) is 13.7 Å². The van der Waals surface area contributed by atoms with Crippen LogP contribution in [0, 0.1) is 11.3 Å². The Labute approximate surface area is 152 Å². The number of hydrogen-bond acceptors (Lipinski definition) is 6. The van der Waals surface area contributed by atoms with E-state index in [1.165, 1.54) is 12.1 Å². The molecule has 0 radical (unpaired) electrons. The normalized spacial score (nSPS) is 12.5. The fourth-order valence-electron chi connectivity index (χ4n) is 2.50. The summed E-state index contributed by atoms with van der Waals surface area (Å²) in [4.78, 5) is 8.85. The number of hydrogen-bond donors (Lipinski definition) is 0. The highest BCUT2D eigenvalue weighted by Gasteiger charge is 2.34. The molecule has 6 nitrogen and oxygen atoms in total. The summed E-state index contributed by atoms with van der Waals surface area (Å²) >= 11 is 0. The van der Waals surface area contributed by atoms with Crippen molar-refractivity contribution in [3.8, 4) is 11.9 Å². The molecule has 2 aromatic carbocycles. The van der Waals surface area contributed by atoms with Gasteiger partial charge in [0.25, 0.3) is 0 Å². The van der Waals surface area contributed by atoms with Gasteiger partial charge in [-0.3, -0.25) is 0 Å².